The molecule has 1 aliphatic rings. The summed E-state index contributed by atoms with van der Waals surface area (Å²) in [5.41, 5.74) is 0.682. The number of hydrogen-bond acceptors (Lipinski definition) is 3. The number of rotatable bonds is 4. The highest BCUT2D eigenvalue weighted by Gasteiger charge is 2.22. The Morgan fingerprint density at radius 2 is 2.14 bits per heavy atom. The van der Waals surface area contributed by atoms with E-state index < -0.39 is 0 Å². The Morgan fingerprint density at radius 3 is 2.79 bits per heavy atom. The van der Waals surface area contributed by atoms with Crippen LogP contribution in [0.25, 0.3) is 0 Å². The van der Waals surface area contributed by atoms with Crippen molar-refractivity contribution in [3.05, 3.63) is 29.8 Å². The van der Waals surface area contributed by atoms with Gasteiger partial charge in [0.1, 0.15) is 5.75 Å². The molecular formula is C11H13NO2. The average molecular weight is 191 g/mol. The van der Waals surface area contributed by atoms with Gasteiger partial charge in [-0.15, -0.1) is 0 Å². The summed E-state index contributed by atoms with van der Waals surface area (Å²) in [6, 6.07) is 7.35. The van der Waals surface area contributed by atoms with Crippen LogP contribution in [0, 0.1) is 0 Å². The lowest BCUT2D eigenvalue weighted by atomic mass is 10.1. The second kappa shape index (κ2) is 3.80. The second-order valence-electron chi connectivity index (χ2n) is 3.40. The van der Waals surface area contributed by atoms with E-state index in [1.807, 2.05) is 24.3 Å². The maximum absolute atomic E-state index is 11.8. The molecule has 74 valence electrons. The Morgan fingerprint density at radius 1 is 1.43 bits per heavy atom. The van der Waals surface area contributed by atoms with Crippen LogP contribution in [0.3, 0.4) is 0 Å². The molecule has 0 radical (unpaired) electrons. The number of ether oxygens (including phenoxy) is 1. The molecule has 0 bridgehead atoms. The van der Waals surface area contributed by atoms with Gasteiger partial charge in [0.2, 0.25) is 0 Å². The SMILES string of the molecule is COc1ccccc1C(=O)CN1CC1. The maximum Gasteiger partial charge on any atom is 0.180 e. The van der Waals surface area contributed by atoms with Crippen molar-refractivity contribution in [2.75, 3.05) is 26.7 Å². The third-order valence-electron chi connectivity index (χ3n) is 2.31. The quantitative estimate of drug-likeness (QED) is 0.529. The third kappa shape index (κ3) is 1.93. The number of benzene rings is 1. The van der Waals surface area contributed by atoms with Crippen molar-refractivity contribution in [3.63, 3.8) is 0 Å². The van der Waals surface area contributed by atoms with E-state index in [4.69, 9.17) is 4.74 Å². The van der Waals surface area contributed by atoms with Gasteiger partial charge in [-0.1, -0.05) is 12.1 Å². The van der Waals surface area contributed by atoms with Gasteiger partial charge >= 0.3 is 0 Å². The maximum atomic E-state index is 11.8. The highest BCUT2D eigenvalue weighted by atomic mass is 16.5. The minimum absolute atomic E-state index is 0.139. The molecule has 0 spiro atoms. The fourth-order valence-corrected chi connectivity index (χ4v) is 1.39. The molecule has 1 aromatic carbocycles. The predicted molar refractivity (Wildman–Crippen MR) is 53.8 cm³/mol. The molecular weight excluding hydrogens is 178 g/mol. The monoisotopic (exact) mass is 191 g/mol. The number of carbonyl (C=O) groups is 1. The van der Waals surface area contributed by atoms with Gasteiger partial charge in [-0.2, -0.15) is 0 Å². The lowest BCUT2D eigenvalue weighted by Crippen LogP contribution is -2.13. The van der Waals surface area contributed by atoms with Gasteiger partial charge in [0.05, 0.1) is 19.2 Å². The summed E-state index contributed by atoms with van der Waals surface area (Å²) in [7, 11) is 1.59. The lowest BCUT2D eigenvalue weighted by Gasteiger charge is -2.06. The first kappa shape index (κ1) is 9.21. The van der Waals surface area contributed by atoms with Crippen LogP contribution in [0.1, 0.15) is 10.4 Å². The molecule has 1 aromatic rings. The molecule has 1 saturated heterocycles. The van der Waals surface area contributed by atoms with Crippen LogP contribution in [0.2, 0.25) is 0 Å². The zero-order valence-corrected chi connectivity index (χ0v) is 8.19. The fraction of sp³-hybridized carbons (Fsp3) is 0.364. The highest BCUT2D eigenvalue weighted by Crippen LogP contribution is 2.19. The number of para-hydroxylation sites is 1. The molecule has 1 aliphatic heterocycles. The van der Waals surface area contributed by atoms with Crippen LogP contribution < -0.4 is 4.74 Å². The van der Waals surface area contributed by atoms with E-state index in [-0.39, 0.29) is 5.78 Å². The van der Waals surface area contributed by atoms with E-state index in [1.165, 1.54) is 0 Å². The zero-order chi connectivity index (χ0) is 9.97. The second-order valence-corrected chi connectivity index (χ2v) is 3.40. The summed E-state index contributed by atoms with van der Waals surface area (Å²) >= 11 is 0. The van der Waals surface area contributed by atoms with Crippen LogP contribution in [-0.4, -0.2) is 37.4 Å². The standard InChI is InChI=1S/C11H13NO2/c1-14-11-5-3-2-4-9(11)10(13)8-12-6-7-12/h2-5H,6-8H2,1H3. The molecule has 0 amide bonds. The molecule has 2 rings (SSSR count). The van der Waals surface area contributed by atoms with E-state index >= 15 is 0 Å². The van der Waals surface area contributed by atoms with Gasteiger partial charge in [-0.05, 0) is 12.1 Å². The first-order chi connectivity index (χ1) is 6.81. The Hall–Kier alpha value is -1.35. The van der Waals surface area contributed by atoms with Gasteiger partial charge in [0.25, 0.3) is 0 Å². The summed E-state index contributed by atoms with van der Waals surface area (Å²) < 4.78 is 5.13. The zero-order valence-electron chi connectivity index (χ0n) is 8.19. The van der Waals surface area contributed by atoms with E-state index in [2.05, 4.69) is 4.90 Å². The normalized spacial score (nSPS) is 15.2. The van der Waals surface area contributed by atoms with Gasteiger partial charge in [-0.25, -0.2) is 0 Å². The number of ketones is 1. The summed E-state index contributed by atoms with van der Waals surface area (Å²) in [6.07, 6.45) is 0. The number of nitrogens with zero attached hydrogens (tertiary/aromatic N) is 1. The van der Waals surface area contributed by atoms with Crippen molar-refractivity contribution in [1.82, 2.24) is 4.90 Å². The molecule has 0 aromatic heterocycles. The fourth-order valence-electron chi connectivity index (χ4n) is 1.39. The van der Waals surface area contributed by atoms with Crippen LogP contribution in [-0.2, 0) is 0 Å². The predicted octanol–water partition coefficient (Wildman–Crippen LogP) is 1.19. The third-order valence-corrected chi connectivity index (χ3v) is 2.31. The van der Waals surface area contributed by atoms with Gasteiger partial charge < -0.3 is 4.74 Å². The molecule has 0 aliphatic carbocycles. The number of methoxy groups -OCH3 is 1. The van der Waals surface area contributed by atoms with E-state index in [0.717, 1.165) is 13.1 Å². The smallest absolute Gasteiger partial charge is 0.180 e. The molecule has 1 fully saturated rings. The minimum Gasteiger partial charge on any atom is -0.496 e. The Balaban J connectivity index is 2.16. The van der Waals surface area contributed by atoms with Gasteiger partial charge in [-0.3, -0.25) is 9.69 Å². The van der Waals surface area contributed by atoms with Crippen LogP contribution in [0.15, 0.2) is 24.3 Å². The summed E-state index contributed by atoms with van der Waals surface area (Å²) in [5.74, 6) is 0.805. The number of carbonyl (C=O) groups excluding carboxylic acids is 1. The molecule has 1 heterocycles. The largest absolute Gasteiger partial charge is 0.496 e. The minimum atomic E-state index is 0.139. The van der Waals surface area contributed by atoms with E-state index in [0.29, 0.717) is 17.9 Å². The number of Topliss-reactive ketones (excluding diaryl/α,β-unsaturated/α-hetero) is 1. The van der Waals surface area contributed by atoms with Crippen molar-refractivity contribution < 1.29 is 9.53 Å². The summed E-state index contributed by atoms with van der Waals surface area (Å²) in [6.45, 7) is 2.60. The van der Waals surface area contributed by atoms with E-state index in [9.17, 15) is 4.79 Å². The van der Waals surface area contributed by atoms with Crippen LogP contribution >= 0.6 is 0 Å². The molecule has 3 nitrogen and oxygen atoms in total. The topological polar surface area (TPSA) is 29.3 Å². The summed E-state index contributed by atoms with van der Waals surface area (Å²) in [5, 5.41) is 0. The van der Waals surface area contributed by atoms with Crippen molar-refractivity contribution in [3.8, 4) is 5.75 Å². The molecule has 0 saturated carbocycles. The van der Waals surface area contributed by atoms with Gasteiger partial charge in [0, 0.05) is 13.1 Å². The van der Waals surface area contributed by atoms with Gasteiger partial charge in [0.15, 0.2) is 5.78 Å². The highest BCUT2D eigenvalue weighted by molar-refractivity contribution is 6.00. The van der Waals surface area contributed by atoms with Crippen LogP contribution in [0.5, 0.6) is 5.75 Å². The molecule has 0 atom stereocenters. The Kier molecular flexibility index (Phi) is 2.50. The average Bonchev–Trinajstić information content (AvgIpc) is 3.01. The first-order valence-corrected chi connectivity index (χ1v) is 4.70. The molecule has 3 heteroatoms. The Labute approximate surface area is 83.3 Å². The van der Waals surface area contributed by atoms with Crippen molar-refractivity contribution in [1.29, 1.82) is 0 Å². The van der Waals surface area contributed by atoms with Crippen LogP contribution in [0.4, 0.5) is 0 Å². The Bertz CT molecular complexity index is 345. The van der Waals surface area contributed by atoms with Crippen molar-refractivity contribution >= 4 is 5.78 Å². The first-order valence-electron chi connectivity index (χ1n) is 4.70. The van der Waals surface area contributed by atoms with Crippen molar-refractivity contribution in [2.45, 2.75) is 0 Å². The van der Waals surface area contributed by atoms with E-state index in [1.54, 1.807) is 7.11 Å². The molecule has 0 N–H and O–H groups in total. The number of hydrogen-bond donors (Lipinski definition) is 0. The molecule has 0 unspecified atom stereocenters. The molecule has 14 heavy (non-hydrogen) atoms. The summed E-state index contributed by atoms with van der Waals surface area (Å²) in [4.78, 5) is 13.8. The van der Waals surface area contributed by atoms with Crippen molar-refractivity contribution in [2.24, 2.45) is 0 Å². The lowest BCUT2D eigenvalue weighted by molar-refractivity contribution is 0.0971.